The first-order valence-corrected chi connectivity index (χ1v) is 6.08. The molecule has 1 N–H and O–H groups in total. The predicted octanol–water partition coefficient (Wildman–Crippen LogP) is 1.91. The molecule has 1 fully saturated rings. The van der Waals surface area contributed by atoms with Gasteiger partial charge in [0.1, 0.15) is 0 Å². The standard InChI is InChI=1S/C13H15N3O/c17-13-12(16-8-4-1-5-9-16)14-10-6-2-3-7-11(10)15-13/h2-3,6-7H,1,4-5,8-9H2,(H,15,17). The maximum Gasteiger partial charge on any atom is 0.291 e. The third-order valence-corrected chi connectivity index (χ3v) is 3.24. The molecule has 2 heterocycles. The van der Waals surface area contributed by atoms with Gasteiger partial charge in [0.2, 0.25) is 0 Å². The van der Waals surface area contributed by atoms with Crippen LogP contribution in [0, 0.1) is 0 Å². The molecule has 1 saturated heterocycles. The minimum absolute atomic E-state index is 0.0781. The van der Waals surface area contributed by atoms with Crippen LogP contribution in [0.15, 0.2) is 29.1 Å². The first-order chi connectivity index (χ1) is 8.34. The van der Waals surface area contributed by atoms with Gasteiger partial charge in [-0.3, -0.25) is 4.79 Å². The van der Waals surface area contributed by atoms with Gasteiger partial charge in [0.15, 0.2) is 5.82 Å². The van der Waals surface area contributed by atoms with Gasteiger partial charge in [-0.15, -0.1) is 0 Å². The summed E-state index contributed by atoms with van der Waals surface area (Å²) >= 11 is 0. The number of para-hydroxylation sites is 2. The highest BCUT2D eigenvalue weighted by Crippen LogP contribution is 2.16. The van der Waals surface area contributed by atoms with Gasteiger partial charge in [0.05, 0.1) is 11.0 Å². The Morgan fingerprint density at radius 3 is 2.71 bits per heavy atom. The van der Waals surface area contributed by atoms with E-state index in [1.165, 1.54) is 6.42 Å². The number of nitrogens with zero attached hydrogens (tertiary/aromatic N) is 2. The first kappa shape index (κ1) is 10.3. The zero-order valence-electron chi connectivity index (χ0n) is 9.65. The second-order valence-electron chi connectivity index (χ2n) is 4.45. The quantitative estimate of drug-likeness (QED) is 0.812. The van der Waals surface area contributed by atoms with Crippen molar-refractivity contribution < 1.29 is 0 Å². The van der Waals surface area contributed by atoms with Crippen LogP contribution in [0.3, 0.4) is 0 Å². The number of hydrogen-bond acceptors (Lipinski definition) is 3. The largest absolute Gasteiger partial charge is 0.352 e. The average Bonchev–Trinajstić information content (AvgIpc) is 2.39. The molecule has 4 heteroatoms. The Hall–Kier alpha value is -1.84. The Bertz CT molecular complexity index is 584. The smallest absolute Gasteiger partial charge is 0.291 e. The fraction of sp³-hybridized carbons (Fsp3) is 0.385. The van der Waals surface area contributed by atoms with Crippen LogP contribution in [-0.4, -0.2) is 23.1 Å². The van der Waals surface area contributed by atoms with Crippen molar-refractivity contribution in [1.82, 2.24) is 9.97 Å². The van der Waals surface area contributed by atoms with E-state index in [1.54, 1.807) is 0 Å². The number of aromatic nitrogens is 2. The third-order valence-electron chi connectivity index (χ3n) is 3.24. The summed E-state index contributed by atoms with van der Waals surface area (Å²) in [6.45, 7) is 1.88. The lowest BCUT2D eigenvalue weighted by Crippen LogP contribution is -2.34. The molecular weight excluding hydrogens is 214 g/mol. The third kappa shape index (κ3) is 1.90. The summed E-state index contributed by atoms with van der Waals surface area (Å²) in [4.78, 5) is 21.4. The predicted molar refractivity (Wildman–Crippen MR) is 68.4 cm³/mol. The van der Waals surface area contributed by atoms with Crippen LogP contribution in [0.1, 0.15) is 19.3 Å². The normalized spacial score (nSPS) is 16.4. The molecule has 0 unspecified atom stereocenters. The van der Waals surface area contributed by atoms with Crippen molar-refractivity contribution in [3.8, 4) is 0 Å². The molecular formula is C13H15N3O. The number of anilines is 1. The number of rotatable bonds is 1. The Labute approximate surface area is 99.3 Å². The summed E-state index contributed by atoms with van der Waals surface area (Å²) in [5.74, 6) is 0.573. The molecule has 1 aromatic heterocycles. The van der Waals surface area contributed by atoms with Crippen molar-refractivity contribution in [1.29, 1.82) is 0 Å². The summed E-state index contributed by atoms with van der Waals surface area (Å²) in [5.41, 5.74) is 1.58. The van der Waals surface area contributed by atoms with Crippen molar-refractivity contribution in [2.75, 3.05) is 18.0 Å². The Morgan fingerprint density at radius 2 is 1.88 bits per heavy atom. The Morgan fingerprint density at radius 1 is 1.12 bits per heavy atom. The maximum atomic E-state index is 12.0. The van der Waals surface area contributed by atoms with Gasteiger partial charge in [-0.1, -0.05) is 12.1 Å². The zero-order chi connectivity index (χ0) is 11.7. The first-order valence-electron chi connectivity index (χ1n) is 6.08. The van der Waals surface area contributed by atoms with Gasteiger partial charge in [-0.05, 0) is 31.4 Å². The second-order valence-corrected chi connectivity index (χ2v) is 4.45. The van der Waals surface area contributed by atoms with Crippen molar-refractivity contribution in [2.45, 2.75) is 19.3 Å². The van der Waals surface area contributed by atoms with E-state index in [0.29, 0.717) is 5.82 Å². The summed E-state index contributed by atoms with van der Waals surface area (Å²) in [5, 5.41) is 0. The van der Waals surface area contributed by atoms with Gasteiger partial charge >= 0.3 is 0 Å². The molecule has 88 valence electrons. The van der Waals surface area contributed by atoms with Crippen LogP contribution < -0.4 is 10.5 Å². The molecule has 0 aliphatic carbocycles. The molecule has 4 nitrogen and oxygen atoms in total. The average molecular weight is 229 g/mol. The van der Waals surface area contributed by atoms with Crippen LogP contribution in [0.2, 0.25) is 0 Å². The second kappa shape index (κ2) is 4.20. The molecule has 0 radical (unpaired) electrons. The lowest BCUT2D eigenvalue weighted by atomic mass is 10.1. The van der Waals surface area contributed by atoms with Gasteiger partial charge in [0, 0.05) is 13.1 Å². The molecule has 0 spiro atoms. The Kier molecular flexibility index (Phi) is 2.55. The monoisotopic (exact) mass is 229 g/mol. The number of aromatic amines is 1. The summed E-state index contributed by atoms with van der Waals surface area (Å²) in [6.07, 6.45) is 3.55. The minimum Gasteiger partial charge on any atom is -0.352 e. The highest BCUT2D eigenvalue weighted by molar-refractivity contribution is 5.75. The summed E-state index contributed by atoms with van der Waals surface area (Å²) < 4.78 is 0. The number of H-pyrrole nitrogens is 1. The molecule has 0 bridgehead atoms. The van der Waals surface area contributed by atoms with Crippen LogP contribution in [0.25, 0.3) is 11.0 Å². The summed E-state index contributed by atoms with van der Waals surface area (Å²) in [6, 6.07) is 7.65. The van der Waals surface area contributed by atoms with E-state index in [4.69, 9.17) is 0 Å². The number of nitrogens with one attached hydrogen (secondary N) is 1. The lowest BCUT2D eigenvalue weighted by Gasteiger charge is -2.26. The van der Waals surface area contributed by atoms with Gasteiger partial charge in [-0.2, -0.15) is 0 Å². The van der Waals surface area contributed by atoms with Crippen LogP contribution in [-0.2, 0) is 0 Å². The fourth-order valence-corrected chi connectivity index (χ4v) is 2.34. The van der Waals surface area contributed by atoms with Crippen molar-refractivity contribution in [3.05, 3.63) is 34.6 Å². The van der Waals surface area contributed by atoms with Gasteiger partial charge < -0.3 is 9.88 Å². The SMILES string of the molecule is O=c1[nH]c2ccccc2nc1N1CCCCC1. The van der Waals surface area contributed by atoms with Crippen molar-refractivity contribution in [2.24, 2.45) is 0 Å². The molecule has 17 heavy (non-hydrogen) atoms. The van der Waals surface area contributed by atoms with E-state index < -0.39 is 0 Å². The molecule has 2 aromatic rings. The van der Waals surface area contributed by atoms with E-state index in [2.05, 4.69) is 14.9 Å². The van der Waals surface area contributed by atoms with E-state index in [1.807, 2.05) is 24.3 Å². The molecule has 0 amide bonds. The Balaban J connectivity index is 2.09. The highest BCUT2D eigenvalue weighted by atomic mass is 16.1. The minimum atomic E-state index is -0.0781. The van der Waals surface area contributed by atoms with Gasteiger partial charge in [0.25, 0.3) is 5.56 Å². The van der Waals surface area contributed by atoms with E-state index in [-0.39, 0.29) is 5.56 Å². The van der Waals surface area contributed by atoms with Crippen LogP contribution >= 0.6 is 0 Å². The molecule has 1 aromatic carbocycles. The van der Waals surface area contributed by atoms with E-state index >= 15 is 0 Å². The molecule has 3 rings (SSSR count). The number of fused-ring (bicyclic) bond motifs is 1. The highest BCUT2D eigenvalue weighted by Gasteiger charge is 2.15. The zero-order valence-corrected chi connectivity index (χ0v) is 9.65. The molecule has 1 aliphatic heterocycles. The van der Waals surface area contributed by atoms with Crippen molar-refractivity contribution >= 4 is 16.9 Å². The molecule has 0 atom stereocenters. The number of hydrogen-bond donors (Lipinski definition) is 1. The molecule has 0 saturated carbocycles. The topological polar surface area (TPSA) is 49.0 Å². The van der Waals surface area contributed by atoms with E-state index in [9.17, 15) is 4.79 Å². The van der Waals surface area contributed by atoms with Crippen LogP contribution in [0.4, 0.5) is 5.82 Å². The maximum absolute atomic E-state index is 12.0. The van der Waals surface area contributed by atoms with Crippen molar-refractivity contribution in [3.63, 3.8) is 0 Å². The fourth-order valence-electron chi connectivity index (χ4n) is 2.34. The van der Waals surface area contributed by atoms with Crippen LogP contribution in [0.5, 0.6) is 0 Å². The summed E-state index contributed by atoms with van der Waals surface area (Å²) in [7, 11) is 0. The number of piperidine rings is 1. The van der Waals surface area contributed by atoms with Gasteiger partial charge in [-0.25, -0.2) is 4.98 Å². The number of benzene rings is 1. The van der Waals surface area contributed by atoms with E-state index in [0.717, 1.165) is 37.0 Å². The lowest BCUT2D eigenvalue weighted by molar-refractivity contribution is 0.572. The molecule has 1 aliphatic rings.